The molecule has 0 radical (unpaired) electrons. The number of nitrogens with zero attached hydrogens (tertiary/aromatic N) is 1. The maximum absolute atomic E-state index is 10.9. The highest BCUT2D eigenvalue weighted by Gasteiger charge is 2.26. The Balaban J connectivity index is 3.18. The van der Waals surface area contributed by atoms with Crippen LogP contribution < -0.4 is 5.32 Å². The third kappa shape index (κ3) is 3.30. The number of halogens is 1. The maximum Gasteiger partial charge on any atom is 0.409 e. The molecule has 96 valence electrons. The zero-order chi connectivity index (χ0) is 13.7. The number of rotatable bonds is 5. The number of nitrogens with one attached hydrogen (secondary N) is 1. The lowest BCUT2D eigenvalue weighted by atomic mass is 10.2. The van der Waals surface area contributed by atoms with Gasteiger partial charge < -0.3 is 10.4 Å². The van der Waals surface area contributed by atoms with E-state index in [1.807, 2.05) is 0 Å². The molecule has 0 amide bonds. The Morgan fingerprint density at radius 1 is 1.50 bits per heavy atom. The molecule has 0 aliphatic rings. The van der Waals surface area contributed by atoms with Crippen molar-refractivity contribution >= 4 is 27.6 Å². The molecule has 2 N–H and O–H groups in total. The van der Waals surface area contributed by atoms with Crippen LogP contribution in [0.5, 0.6) is 0 Å². The first kappa shape index (κ1) is 14.2. The summed E-state index contributed by atoms with van der Waals surface area (Å²) in [4.78, 5) is 20.7. The van der Waals surface area contributed by atoms with E-state index in [2.05, 4.69) is 21.2 Å². The minimum Gasteiger partial charge on any atom is -0.473 e. The third-order valence-electron chi connectivity index (χ3n) is 2.18. The van der Waals surface area contributed by atoms with Gasteiger partial charge in [0.2, 0.25) is 0 Å². The second-order valence-electron chi connectivity index (χ2n) is 3.35. The number of anilines is 1. The average molecular weight is 315 g/mol. The second-order valence-corrected chi connectivity index (χ2v) is 4.20. The van der Waals surface area contributed by atoms with E-state index in [1.165, 1.54) is 0 Å². The summed E-state index contributed by atoms with van der Waals surface area (Å²) in [6.07, 6.45) is 0.212. The molecular formula is C11H11BrN2O4. The second kappa shape index (κ2) is 6.15. The molecular weight excluding hydrogens is 304 g/mol. The highest BCUT2D eigenvalue weighted by atomic mass is 79.9. The summed E-state index contributed by atoms with van der Waals surface area (Å²) in [5, 5.41) is 22.3. The van der Waals surface area contributed by atoms with Crippen molar-refractivity contribution in [2.75, 3.05) is 5.32 Å². The van der Waals surface area contributed by atoms with Gasteiger partial charge in [-0.15, -0.1) is 0 Å². The van der Waals surface area contributed by atoms with E-state index in [1.54, 1.807) is 31.2 Å². The lowest BCUT2D eigenvalue weighted by Crippen LogP contribution is -2.17. The molecule has 0 atom stereocenters. The molecule has 0 fully saturated rings. The van der Waals surface area contributed by atoms with Crippen molar-refractivity contribution in [2.24, 2.45) is 0 Å². The van der Waals surface area contributed by atoms with E-state index in [0.717, 1.165) is 0 Å². The number of aliphatic carboxylic acids is 1. The zero-order valence-electron chi connectivity index (χ0n) is 9.51. The average Bonchev–Trinajstić information content (AvgIpc) is 2.29. The van der Waals surface area contributed by atoms with Gasteiger partial charge in [-0.1, -0.05) is 19.1 Å². The van der Waals surface area contributed by atoms with Crippen LogP contribution in [0.1, 0.15) is 13.3 Å². The lowest BCUT2D eigenvalue weighted by molar-refractivity contribution is -0.422. The van der Waals surface area contributed by atoms with E-state index in [-0.39, 0.29) is 12.1 Å². The molecule has 0 saturated carbocycles. The summed E-state index contributed by atoms with van der Waals surface area (Å²) in [5.74, 6) is -1.56. The van der Waals surface area contributed by atoms with Crippen molar-refractivity contribution in [2.45, 2.75) is 13.3 Å². The van der Waals surface area contributed by atoms with Crippen molar-refractivity contribution < 1.29 is 14.8 Å². The molecule has 0 spiro atoms. The minimum atomic E-state index is -1.56. The predicted octanol–water partition coefficient (Wildman–Crippen LogP) is 2.84. The molecule has 0 saturated heterocycles. The first-order valence-electron chi connectivity index (χ1n) is 5.09. The summed E-state index contributed by atoms with van der Waals surface area (Å²) < 4.78 is 0.698. The van der Waals surface area contributed by atoms with E-state index in [0.29, 0.717) is 10.2 Å². The highest BCUT2D eigenvalue weighted by Crippen LogP contribution is 2.24. The molecule has 6 nitrogen and oxygen atoms in total. The van der Waals surface area contributed by atoms with Crippen molar-refractivity contribution in [3.63, 3.8) is 0 Å². The molecule has 0 aromatic heterocycles. The number of carboxylic acid groups (broad SMARTS) is 1. The van der Waals surface area contributed by atoms with Gasteiger partial charge in [-0.25, -0.2) is 4.79 Å². The standard InChI is InChI=1S/C11H11BrN2O4/c1-2-8(10(11(15)16)14(17)18)13-9-6-4-3-5-7(9)12/h3-6,13H,2H2,1H3,(H,15,16). The Bertz CT molecular complexity index is 498. The predicted molar refractivity (Wildman–Crippen MR) is 69.7 cm³/mol. The van der Waals surface area contributed by atoms with E-state index in [4.69, 9.17) is 5.11 Å². The van der Waals surface area contributed by atoms with Crippen molar-refractivity contribution in [3.8, 4) is 0 Å². The third-order valence-corrected chi connectivity index (χ3v) is 2.88. The van der Waals surface area contributed by atoms with Gasteiger partial charge in [0.05, 0.1) is 10.6 Å². The number of carboxylic acids is 1. The first-order chi connectivity index (χ1) is 8.47. The minimum absolute atomic E-state index is 0.0550. The Labute approximate surface area is 112 Å². The monoisotopic (exact) mass is 314 g/mol. The summed E-state index contributed by atoms with van der Waals surface area (Å²) in [5.41, 5.74) is -0.206. The number of nitro groups is 1. The number of hydrogen-bond donors (Lipinski definition) is 2. The van der Waals surface area contributed by atoms with Crippen LogP contribution in [0.3, 0.4) is 0 Å². The Morgan fingerprint density at radius 3 is 2.56 bits per heavy atom. The van der Waals surface area contributed by atoms with Gasteiger partial charge in [-0.3, -0.25) is 10.1 Å². The highest BCUT2D eigenvalue weighted by molar-refractivity contribution is 9.10. The molecule has 1 aromatic carbocycles. The molecule has 0 bridgehead atoms. The van der Waals surface area contributed by atoms with E-state index < -0.39 is 16.6 Å². The number of allylic oxidation sites excluding steroid dienone is 1. The van der Waals surface area contributed by atoms with Crippen LogP contribution in [-0.2, 0) is 4.79 Å². The van der Waals surface area contributed by atoms with Gasteiger partial charge in [0.1, 0.15) is 5.70 Å². The Hall–Kier alpha value is -1.89. The van der Waals surface area contributed by atoms with Crippen LogP contribution in [-0.4, -0.2) is 16.0 Å². The molecule has 0 aliphatic heterocycles. The number of hydrogen-bond acceptors (Lipinski definition) is 4. The fraction of sp³-hybridized carbons (Fsp3) is 0.182. The van der Waals surface area contributed by atoms with Gasteiger partial charge in [0, 0.05) is 4.47 Å². The fourth-order valence-electron chi connectivity index (χ4n) is 1.36. The first-order valence-corrected chi connectivity index (χ1v) is 5.89. The van der Waals surface area contributed by atoms with Crippen molar-refractivity contribution in [1.82, 2.24) is 0 Å². The maximum atomic E-state index is 10.9. The van der Waals surface area contributed by atoms with Crippen LogP contribution in [0.4, 0.5) is 5.69 Å². The molecule has 18 heavy (non-hydrogen) atoms. The largest absolute Gasteiger partial charge is 0.473 e. The fourth-order valence-corrected chi connectivity index (χ4v) is 1.74. The van der Waals surface area contributed by atoms with Crippen molar-refractivity contribution in [1.29, 1.82) is 0 Å². The molecule has 0 heterocycles. The summed E-state index contributed by atoms with van der Waals surface area (Å²) in [7, 11) is 0. The van der Waals surface area contributed by atoms with Gasteiger partial charge in [-0.2, -0.15) is 0 Å². The van der Waals surface area contributed by atoms with Gasteiger partial charge >= 0.3 is 11.7 Å². The SMILES string of the molecule is CCC(Nc1ccccc1Br)=C(C(=O)O)[N+](=O)[O-]. The van der Waals surface area contributed by atoms with Gasteiger partial charge in [0.15, 0.2) is 0 Å². The number of para-hydroxylation sites is 1. The zero-order valence-corrected chi connectivity index (χ0v) is 11.1. The molecule has 1 aromatic rings. The van der Waals surface area contributed by atoms with Crippen LogP contribution in [0, 0.1) is 10.1 Å². The normalized spacial score (nSPS) is 11.7. The smallest absolute Gasteiger partial charge is 0.409 e. The summed E-state index contributed by atoms with van der Waals surface area (Å²) in [6, 6.07) is 6.98. The summed E-state index contributed by atoms with van der Waals surface area (Å²) in [6.45, 7) is 1.64. The molecule has 1 rings (SSSR count). The van der Waals surface area contributed by atoms with E-state index >= 15 is 0 Å². The quantitative estimate of drug-likeness (QED) is 0.495. The lowest BCUT2D eigenvalue weighted by Gasteiger charge is -2.10. The van der Waals surface area contributed by atoms with Crippen LogP contribution in [0.2, 0.25) is 0 Å². The van der Waals surface area contributed by atoms with E-state index in [9.17, 15) is 14.9 Å². The van der Waals surface area contributed by atoms with Crippen LogP contribution >= 0.6 is 15.9 Å². The Kier molecular flexibility index (Phi) is 4.85. The topological polar surface area (TPSA) is 92.5 Å². The number of benzene rings is 1. The van der Waals surface area contributed by atoms with Crippen LogP contribution in [0.15, 0.2) is 40.1 Å². The number of carbonyl (C=O) groups is 1. The van der Waals surface area contributed by atoms with Gasteiger partial charge in [0.25, 0.3) is 0 Å². The molecule has 7 heteroatoms. The van der Waals surface area contributed by atoms with Crippen molar-refractivity contribution in [3.05, 3.63) is 50.2 Å². The van der Waals surface area contributed by atoms with Gasteiger partial charge in [-0.05, 0) is 34.5 Å². The molecule has 0 aliphatic carbocycles. The van der Waals surface area contributed by atoms with Crippen LogP contribution in [0.25, 0.3) is 0 Å². The summed E-state index contributed by atoms with van der Waals surface area (Å²) >= 11 is 3.27. The Morgan fingerprint density at radius 2 is 2.11 bits per heavy atom. The molecule has 0 unspecified atom stereocenters.